The van der Waals surface area contributed by atoms with Crippen LogP contribution in [0.1, 0.15) is 32.3 Å². The number of amides is 2. The number of benzene rings is 1. The Morgan fingerprint density at radius 3 is 2.65 bits per heavy atom. The number of thiocarbonyl (C=S) groups is 1. The number of nitrogens with zero attached hydrogens (tertiary/aromatic N) is 3. The average molecular weight is 394 g/mol. The van der Waals surface area contributed by atoms with E-state index in [4.69, 9.17) is 23.2 Å². The van der Waals surface area contributed by atoms with Crippen LogP contribution in [0.5, 0.6) is 0 Å². The number of nitrogens with two attached hydrogens (primary N) is 1. The lowest BCUT2D eigenvalue weighted by molar-refractivity contribution is -0.123. The zero-order valence-electron chi connectivity index (χ0n) is 14.7. The molecule has 1 heterocycles. The number of thioether (sulfide) groups is 1. The molecule has 2 amide bonds. The van der Waals surface area contributed by atoms with Gasteiger partial charge in [0.15, 0.2) is 10.9 Å². The normalized spacial score (nSPS) is 16.1. The van der Waals surface area contributed by atoms with Gasteiger partial charge in [-0.05, 0) is 50.9 Å². The van der Waals surface area contributed by atoms with E-state index in [0.29, 0.717) is 13.0 Å². The van der Waals surface area contributed by atoms with Crippen LogP contribution in [0, 0.1) is 17.1 Å². The van der Waals surface area contributed by atoms with Crippen molar-refractivity contribution in [1.29, 1.82) is 5.26 Å². The third kappa shape index (κ3) is 3.39. The Morgan fingerprint density at radius 2 is 2.12 bits per heavy atom. The van der Waals surface area contributed by atoms with Gasteiger partial charge in [-0.1, -0.05) is 0 Å². The molecule has 0 aromatic heterocycles. The third-order valence-electron chi connectivity index (χ3n) is 4.27. The predicted molar refractivity (Wildman–Crippen MR) is 102 cm³/mol. The molecule has 2 N–H and O–H groups in total. The number of hydrogen-bond acceptors (Lipinski definition) is 5. The Kier molecular flexibility index (Phi) is 5.88. The Morgan fingerprint density at radius 1 is 1.46 bits per heavy atom. The van der Waals surface area contributed by atoms with Gasteiger partial charge >= 0.3 is 0 Å². The summed E-state index contributed by atoms with van der Waals surface area (Å²) in [4.78, 5) is 26.9. The molecule has 1 aromatic carbocycles. The number of anilines is 1. The second-order valence-electron chi connectivity index (χ2n) is 6.29. The summed E-state index contributed by atoms with van der Waals surface area (Å²) in [5.41, 5.74) is 4.41. The molecule has 9 heteroatoms. The maximum Gasteiger partial charge on any atom is 0.258 e. The number of primary amides is 1. The van der Waals surface area contributed by atoms with Crippen LogP contribution in [-0.4, -0.2) is 40.2 Å². The largest absolute Gasteiger partial charge is 0.370 e. The van der Waals surface area contributed by atoms with Crippen molar-refractivity contribution in [3.63, 3.8) is 0 Å². The van der Waals surface area contributed by atoms with Gasteiger partial charge in [0.2, 0.25) is 5.91 Å². The van der Waals surface area contributed by atoms with Gasteiger partial charge in [-0.2, -0.15) is 5.26 Å². The first-order valence-corrected chi connectivity index (χ1v) is 9.51. The van der Waals surface area contributed by atoms with Gasteiger partial charge in [0.25, 0.3) is 5.91 Å². The summed E-state index contributed by atoms with van der Waals surface area (Å²) in [5.74, 6) is -1.45. The molecule has 6 nitrogen and oxygen atoms in total. The van der Waals surface area contributed by atoms with E-state index in [1.165, 1.54) is 12.1 Å². The molecule has 0 bridgehead atoms. The second kappa shape index (κ2) is 7.60. The first-order chi connectivity index (χ1) is 12.2. The van der Waals surface area contributed by atoms with Crippen molar-refractivity contribution < 1.29 is 14.0 Å². The molecule has 0 atom stereocenters. The highest BCUT2D eigenvalue weighted by molar-refractivity contribution is 7.98. The lowest BCUT2D eigenvalue weighted by Gasteiger charge is -2.29. The molecule has 26 heavy (non-hydrogen) atoms. The highest BCUT2D eigenvalue weighted by atomic mass is 32.2. The number of carbonyl (C=O) groups is 2. The molecule has 1 aromatic rings. The molecule has 138 valence electrons. The maximum absolute atomic E-state index is 15.0. The van der Waals surface area contributed by atoms with E-state index in [-0.39, 0.29) is 33.6 Å². The van der Waals surface area contributed by atoms with Crippen LogP contribution in [0.3, 0.4) is 0 Å². The van der Waals surface area contributed by atoms with Gasteiger partial charge in [-0.25, -0.2) is 4.39 Å². The van der Waals surface area contributed by atoms with Gasteiger partial charge in [0.05, 0.1) is 16.1 Å². The quantitative estimate of drug-likeness (QED) is 0.589. The highest BCUT2D eigenvalue weighted by Crippen LogP contribution is 2.37. The summed E-state index contributed by atoms with van der Waals surface area (Å²) >= 11 is 6.52. The SMILES string of the molecule is CSc1c(C#N)ccc(N2C(=O)C(C)(C)N(CCCC(N)=O)C2=S)c1F. The van der Waals surface area contributed by atoms with Gasteiger partial charge in [0.1, 0.15) is 11.6 Å². The van der Waals surface area contributed by atoms with Gasteiger partial charge in [-0.3, -0.25) is 14.5 Å². The Balaban J connectivity index is 2.42. The summed E-state index contributed by atoms with van der Waals surface area (Å²) in [5, 5.41) is 9.29. The van der Waals surface area contributed by atoms with Crippen molar-refractivity contribution in [2.24, 2.45) is 5.73 Å². The second-order valence-corrected chi connectivity index (χ2v) is 7.48. The molecule has 1 aliphatic rings. The lowest BCUT2D eigenvalue weighted by atomic mass is 10.0. The van der Waals surface area contributed by atoms with Gasteiger partial charge < -0.3 is 10.6 Å². The first kappa shape index (κ1) is 20.1. The molecule has 0 spiro atoms. The molecule has 0 aliphatic carbocycles. The minimum Gasteiger partial charge on any atom is -0.370 e. The van der Waals surface area contributed by atoms with Crippen LogP contribution in [-0.2, 0) is 9.59 Å². The van der Waals surface area contributed by atoms with Gasteiger partial charge in [-0.15, -0.1) is 11.8 Å². The molecule has 0 unspecified atom stereocenters. The summed E-state index contributed by atoms with van der Waals surface area (Å²) < 4.78 is 15.0. The molecule has 1 saturated heterocycles. The van der Waals surface area contributed by atoms with E-state index in [0.717, 1.165) is 16.7 Å². The average Bonchev–Trinajstić information content (AvgIpc) is 2.74. The molecular weight excluding hydrogens is 375 g/mol. The number of nitriles is 1. The maximum atomic E-state index is 15.0. The fourth-order valence-electron chi connectivity index (χ4n) is 2.84. The third-order valence-corrected chi connectivity index (χ3v) is 5.48. The molecule has 0 radical (unpaired) electrons. The van der Waals surface area contributed by atoms with Crippen molar-refractivity contribution >= 4 is 46.6 Å². The molecule has 0 saturated carbocycles. The van der Waals surface area contributed by atoms with Crippen LogP contribution in [0.15, 0.2) is 17.0 Å². The Hall–Kier alpha value is -2.18. The van der Waals surface area contributed by atoms with Crippen molar-refractivity contribution in [1.82, 2.24) is 4.90 Å². The van der Waals surface area contributed by atoms with Gasteiger partial charge in [0, 0.05) is 13.0 Å². The van der Waals surface area contributed by atoms with Crippen molar-refractivity contribution in [3.05, 3.63) is 23.5 Å². The van der Waals surface area contributed by atoms with Crippen molar-refractivity contribution in [2.45, 2.75) is 37.1 Å². The molecular formula is C17H19FN4O2S2. The first-order valence-electron chi connectivity index (χ1n) is 7.87. The molecule has 2 rings (SSSR count). The fraction of sp³-hybridized carbons (Fsp3) is 0.412. The number of carbonyl (C=O) groups excluding carboxylic acids is 2. The Bertz CT molecular complexity index is 820. The monoisotopic (exact) mass is 394 g/mol. The summed E-state index contributed by atoms with van der Waals surface area (Å²) in [6.07, 6.45) is 2.27. The zero-order chi connectivity index (χ0) is 19.6. The fourth-order valence-corrected chi connectivity index (χ4v) is 3.96. The van der Waals surface area contributed by atoms with E-state index in [1.54, 1.807) is 25.0 Å². The minimum atomic E-state index is -0.978. The van der Waals surface area contributed by atoms with E-state index >= 15 is 0 Å². The zero-order valence-corrected chi connectivity index (χ0v) is 16.3. The van der Waals surface area contributed by atoms with E-state index in [9.17, 15) is 14.0 Å². The number of rotatable bonds is 6. The Labute approximate surface area is 161 Å². The van der Waals surface area contributed by atoms with E-state index < -0.39 is 17.3 Å². The molecule has 1 aliphatic heterocycles. The van der Waals surface area contributed by atoms with Crippen molar-refractivity contribution in [2.75, 3.05) is 17.7 Å². The number of hydrogen-bond donors (Lipinski definition) is 1. The van der Waals surface area contributed by atoms with E-state index in [2.05, 4.69) is 0 Å². The predicted octanol–water partition coefficient (Wildman–Crippen LogP) is 2.40. The summed E-state index contributed by atoms with van der Waals surface area (Å²) in [6.45, 7) is 3.75. The van der Waals surface area contributed by atoms with Crippen LogP contribution >= 0.6 is 24.0 Å². The van der Waals surface area contributed by atoms with Crippen LogP contribution in [0.25, 0.3) is 0 Å². The highest BCUT2D eigenvalue weighted by Gasteiger charge is 2.49. The smallest absolute Gasteiger partial charge is 0.258 e. The van der Waals surface area contributed by atoms with Crippen LogP contribution < -0.4 is 10.6 Å². The van der Waals surface area contributed by atoms with Crippen molar-refractivity contribution in [3.8, 4) is 6.07 Å². The van der Waals surface area contributed by atoms with Crippen LogP contribution in [0.2, 0.25) is 0 Å². The lowest BCUT2D eigenvalue weighted by Crippen LogP contribution is -2.44. The van der Waals surface area contributed by atoms with E-state index in [1.807, 2.05) is 6.07 Å². The summed E-state index contributed by atoms with van der Waals surface area (Å²) in [7, 11) is 0. The van der Waals surface area contributed by atoms with Crippen LogP contribution in [0.4, 0.5) is 10.1 Å². The standard InChI is InChI=1S/C17H19FN4O2S2/c1-17(2)15(24)22(16(25)21(17)8-4-5-12(20)23)11-7-6-10(9-19)14(26-3)13(11)18/h6-7H,4-5,8H2,1-3H3,(H2,20,23). The minimum absolute atomic E-state index is 0.0221. The topological polar surface area (TPSA) is 90.4 Å². The number of halogens is 1. The molecule has 1 fully saturated rings. The summed E-state index contributed by atoms with van der Waals surface area (Å²) in [6, 6.07) is 4.80.